The molecule has 30 heavy (non-hydrogen) atoms. The Balaban J connectivity index is 1.47. The van der Waals surface area contributed by atoms with E-state index in [2.05, 4.69) is 52.7 Å². The standard InChI is InChI=1S/C25H23NO3S/c27-25(28)11-8-22-15-26(16-24(22)21-4-2-1-3-5-21)14-19-6-9-23(10-7-19)29-17-20-12-13-30-18-20/h1-7,9-10,12-13,15-16,18H,8,11,14,17H2,(H,27,28). The van der Waals surface area contributed by atoms with E-state index < -0.39 is 5.97 Å². The minimum absolute atomic E-state index is 0.125. The highest BCUT2D eigenvalue weighted by Gasteiger charge is 2.11. The number of benzene rings is 2. The predicted octanol–water partition coefficient (Wildman–Crippen LogP) is 5.86. The van der Waals surface area contributed by atoms with Crippen molar-refractivity contribution in [2.24, 2.45) is 0 Å². The maximum atomic E-state index is 11.1. The predicted molar refractivity (Wildman–Crippen MR) is 120 cm³/mol. The monoisotopic (exact) mass is 417 g/mol. The van der Waals surface area contributed by atoms with E-state index in [0.717, 1.165) is 34.5 Å². The van der Waals surface area contributed by atoms with Gasteiger partial charge in [0.05, 0.1) is 0 Å². The maximum absolute atomic E-state index is 11.1. The first-order chi connectivity index (χ1) is 14.7. The first-order valence-electron chi connectivity index (χ1n) is 9.86. The second-order valence-electron chi connectivity index (χ2n) is 7.19. The molecule has 0 aliphatic heterocycles. The minimum atomic E-state index is -0.778. The van der Waals surface area contributed by atoms with Crippen LogP contribution in [-0.2, 0) is 24.4 Å². The molecular weight excluding hydrogens is 394 g/mol. The molecule has 0 unspecified atom stereocenters. The third kappa shape index (κ3) is 5.19. The Kier molecular flexibility index (Phi) is 6.30. The molecule has 2 heterocycles. The summed E-state index contributed by atoms with van der Waals surface area (Å²) in [5.74, 6) is 0.0735. The van der Waals surface area contributed by atoms with Crippen LogP contribution in [0, 0.1) is 0 Å². The topological polar surface area (TPSA) is 51.5 Å². The fraction of sp³-hybridized carbons (Fsp3) is 0.160. The molecule has 0 fully saturated rings. The smallest absolute Gasteiger partial charge is 0.303 e. The van der Waals surface area contributed by atoms with Crippen LogP contribution in [0.15, 0.2) is 83.8 Å². The molecular formula is C25H23NO3S. The molecule has 0 aliphatic rings. The number of hydrogen-bond donors (Lipinski definition) is 1. The van der Waals surface area contributed by atoms with Gasteiger partial charge in [-0.2, -0.15) is 11.3 Å². The number of carboxylic acids is 1. The van der Waals surface area contributed by atoms with Crippen LogP contribution in [0.5, 0.6) is 5.75 Å². The summed E-state index contributed by atoms with van der Waals surface area (Å²) >= 11 is 1.67. The van der Waals surface area contributed by atoms with Crippen molar-refractivity contribution in [2.45, 2.75) is 26.0 Å². The molecule has 1 N–H and O–H groups in total. The van der Waals surface area contributed by atoms with E-state index in [1.54, 1.807) is 11.3 Å². The maximum Gasteiger partial charge on any atom is 0.303 e. The molecule has 152 valence electrons. The molecule has 0 aliphatic carbocycles. The van der Waals surface area contributed by atoms with Crippen LogP contribution in [0.25, 0.3) is 11.1 Å². The first-order valence-corrected chi connectivity index (χ1v) is 10.8. The molecule has 2 aromatic carbocycles. The summed E-state index contributed by atoms with van der Waals surface area (Å²) in [5, 5.41) is 13.2. The summed E-state index contributed by atoms with van der Waals surface area (Å²) < 4.78 is 7.96. The van der Waals surface area contributed by atoms with Crippen LogP contribution in [0.3, 0.4) is 0 Å². The molecule has 0 amide bonds. The van der Waals surface area contributed by atoms with Gasteiger partial charge in [0.15, 0.2) is 0 Å². The van der Waals surface area contributed by atoms with Crippen LogP contribution >= 0.6 is 11.3 Å². The number of thiophene rings is 1. The number of aromatic nitrogens is 1. The first kappa shape index (κ1) is 20.0. The Morgan fingerprint density at radius 2 is 1.77 bits per heavy atom. The van der Waals surface area contributed by atoms with Gasteiger partial charge in [-0.05, 0) is 57.6 Å². The van der Waals surface area contributed by atoms with Gasteiger partial charge in [-0.15, -0.1) is 0 Å². The molecule has 4 nitrogen and oxygen atoms in total. The number of aryl methyl sites for hydroxylation is 1. The van der Waals surface area contributed by atoms with E-state index >= 15 is 0 Å². The van der Waals surface area contributed by atoms with Crippen LogP contribution in [-0.4, -0.2) is 15.6 Å². The Labute approximate surface area is 180 Å². The number of nitrogens with zero attached hydrogens (tertiary/aromatic N) is 1. The number of hydrogen-bond acceptors (Lipinski definition) is 3. The van der Waals surface area contributed by atoms with Gasteiger partial charge in [-0.1, -0.05) is 42.5 Å². The number of carbonyl (C=O) groups is 1. The lowest BCUT2D eigenvalue weighted by atomic mass is 10.0. The van der Waals surface area contributed by atoms with Crippen molar-refractivity contribution < 1.29 is 14.6 Å². The number of carboxylic acid groups (broad SMARTS) is 1. The number of ether oxygens (including phenoxy) is 1. The van der Waals surface area contributed by atoms with Gasteiger partial charge in [-0.25, -0.2) is 0 Å². The second-order valence-corrected chi connectivity index (χ2v) is 7.97. The zero-order chi connectivity index (χ0) is 20.8. The third-order valence-electron chi connectivity index (χ3n) is 4.93. The molecule has 2 aromatic heterocycles. The van der Waals surface area contributed by atoms with Gasteiger partial charge < -0.3 is 14.4 Å². The molecule has 0 saturated heterocycles. The van der Waals surface area contributed by atoms with Gasteiger partial charge in [0.25, 0.3) is 0 Å². The zero-order valence-electron chi connectivity index (χ0n) is 16.5. The molecule has 0 bridgehead atoms. The van der Waals surface area contributed by atoms with Gasteiger partial charge in [0.2, 0.25) is 0 Å². The van der Waals surface area contributed by atoms with E-state index in [0.29, 0.717) is 13.0 Å². The van der Waals surface area contributed by atoms with Crippen molar-refractivity contribution in [1.82, 2.24) is 4.57 Å². The van der Waals surface area contributed by atoms with E-state index in [9.17, 15) is 4.79 Å². The van der Waals surface area contributed by atoms with Crippen LogP contribution in [0.1, 0.15) is 23.1 Å². The summed E-state index contributed by atoms with van der Waals surface area (Å²) in [6.07, 6.45) is 4.81. The Morgan fingerprint density at radius 1 is 0.967 bits per heavy atom. The van der Waals surface area contributed by atoms with Crippen molar-refractivity contribution >= 4 is 17.3 Å². The molecule has 0 atom stereocenters. The zero-order valence-corrected chi connectivity index (χ0v) is 17.3. The second kappa shape index (κ2) is 9.46. The third-order valence-corrected chi connectivity index (χ3v) is 5.66. The average Bonchev–Trinajstić information content (AvgIpc) is 3.42. The van der Waals surface area contributed by atoms with E-state index in [-0.39, 0.29) is 6.42 Å². The molecule has 4 rings (SSSR count). The van der Waals surface area contributed by atoms with Crippen molar-refractivity contribution in [3.63, 3.8) is 0 Å². The quantitative estimate of drug-likeness (QED) is 0.371. The number of aliphatic carboxylic acids is 1. The van der Waals surface area contributed by atoms with Crippen molar-refractivity contribution in [2.75, 3.05) is 0 Å². The highest BCUT2D eigenvalue weighted by molar-refractivity contribution is 7.07. The molecule has 0 radical (unpaired) electrons. The highest BCUT2D eigenvalue weighted by Crippen LogP contribution is 2.27. The Morgan fingerprint density at radius 3 is 2.47 bits per heavy atom. The Bertz CT molecular complexity index is 1080. The fourth-order valence-electron chi connectivity index (χ4n) is 3.41. The minimum Gasteiger partial charge on any atom is -0.489 e. The largest absolute Gasteiger partial charge is 0.489 e. The van der Waals surface area contributed by atoms with Gasteiger partial charge in [0, 0.05) is 30.9 Å². The van der Waals surface area contributed by atoms with Crippen LogP contribution in [0.2, 0.25) is 0 Å². The summed E-state index contributed by atoms with van der Waals surface area (Å²) in [6.45, 7) is 1.30. The van der Waals surface area contributed by atoms with E-state index in [4.69, 9.17) is 9.84 Å². The summed E-state index contributed by atoms with van der Waals surface area (Å²) in [6, 6.07) is 20.3. The summed E-state index contributed by atoms with van der Waals surface area (Å²) in [4.78, 5) is 11.1. The van der Waals surface area contributed by atoms with Gasteiger partial charge in [-0.3, -0.25) is 4.79 Å². The lowest BCUT2D eigenvalue weighted by Crippen LogP contribution is -1.99. The van der Waals surface area contributed by atoms with Gasteiger partial charge >= 0.3 is 5.97 Å². The van der Waals surface area contributed by atoms with Crippen LogP contribution in [0.4, 0.5) is 0 Å². The lowest BCUT2D eigenvalue weighted by molar-refractivity contribution is -0.136. The molecule has 5 heteroatoms. The highest BCUT2D eigenvalue weighted by atomic mass is 32.1. The van der Waals surface area contributed by atoms with Crippen molar-refractivity contribution in [3.05, 3.63) is 101 Å². The Hall–Kier alpha value is -3.31. The molecule has 0 saturated carbocycles. The molecule has 0 spiro atoms. The average molecular weight is 418 g/mol. The van der Waals surface area contributed by atoms with Crippen molar-refractivity contribution in [1.29, 1.82) is 0 Å². The lowest BCUT2D eigenvalue weighted by Gasteiger charge is -2.07. The van der Waals surface area contributed by atoms with E-state index in [1.807, 2.05) is 35.7 Å². The van der Waals surface area contributed by atoms with Crippen LogP contribution < -0.4 is 4.74 Å². The summed E-state index contributed by atoms with van der Waals surface area (Å²) in [7, 11) is 0. The van der Waals surface area contributed by atoms with Crippen molar-refractivity contribution in [3.8, 4) is 16.9 Å². The SMILES string of the molecule is O=C(O)CCc1cn(Cc2ccc(OCc3ccsc3)cc2)cc1-c1ccccc1. The van der Waals surface area contributed by atoms with E-state index in [1.165, 1.54) is 5.56 Å². The van der Waals surface area contributed by atoms with Gasteiger partial charge in [0.1, 0.15) is 12.4 Å². The molecule has 4 aromatic rings. The fourth-order valence-corrected chi connectivity index (χ4v) is 4.06. The normalized spacial score (nSPS) is 10.8. The number of rotatable bonds is 9. The summed E-state index contributed by atoms with van der Waals surface area (Å²) in [5.41, 5.74) is 5.59.